The van der Waals surface area contributed by atoms with Gasteiger partial charge in [-0.2, -0.15) is 0 Å². The lowest BCUT2D eigenvalue weighted by atomic mass is 10.3. The second kappa shape index (κ2) is 6.88. The minimum absolute atomic E-state index is 0.0868. The fourth-order valence-corrected chi connectivity index (χ4v) is 2.17. The SMILES string of the molecule is CCOC(=O)N1CCCN(C(=O)c2ccccn2)CC1. The van der Waals surface area contributed by atoms with E-state index in [0.29, 0.717) is 38.5 Å². The van der Waals surface area contributed by atoms with E-state index in [1.165, 1.54) is 0 Å². The van der Waals surface area contributed by atoms with Crippen molar-refractivity contribution in [3.8, 4) is 0 Å². The average molecular weight is 277 g/mol. The van der Waals surface area contributed by atoms with E-state index in [9.17, 15) is 9.59 Å². The van der Waals surface area contributed by atoms with Crippen molar-refractivity contribution in [1.29, 1.82) is 0 Å². The van der Waals surface area contributed by atoms with Crippen molar-refractivity contribution in [3.63, 3.8) is 0 Å². The van der Waals surface area contributed by atoms with Gasteiger partial charge in [0.1, 0.15) is 5.69 Å². The molecule has 0 N–H and O–H groups in total. The summed E-state index contributed by atoms with van der Waals surface area (Å²) in [6, 6.07) is 5.28. The van der Waals surface area contributed by atoms with E-state index >= 15 is 0 Å². The number of carbonyl (C=O) groups excluding carboxylic acids is 2. The lowest BCUT2D eigenvalue weighted by molar-refractivity contribution is 0.0748. The van der Waals surface area contributed by atoms with E-state index in [4.69, 9.17) is 4.74 Å². The lowest BCUT2D eigenvalue weighted by Crippen LogP contribution is -2.37. The molecule has 0 spiro atoms. The first-order valence-corrected chi connectivity index (χ1v) is 6.84. The van der Waals surface area contributed by atoms with Gasteiger partial charge in [-0.15, -0.1) is 0 Å². The highest BCUT2D eigenvalue weighted by Gasteiger charge is 2.23. The fraction of sp³-hybridized carbons (Fsp3) is 0.500. The van der Waals surface area contributed by atoms with Crippen LogP contribution in [0.25, 0.3) is 0 Å². The first-order valence-electron chi connectivity index (χ1n) is 6.84. The molecule has 6 heteroatoms. The third-order valence-corrected chi connectivity index (χ3v) is 3.19. The number of aromatic nitrogens is 1. The quantitative estimate of drug-likeness (QED) is 0.819. The van der Waals surface area contributed by atoms with Gasteiger partial charge in [0.15, 0.2) is 0 Å². The molecule has 2 heterocycles. The summed E-state index contributed by atoms with van der Waals surface area (Å²) >= 11 is 0. The monoisotopic (exact) mass is 277 g/mol. The zero-order valence-corrected chi connectivity index (χ0v) is 11.6. The Morgan fingerprint density at radius 3 is 2.65 bits per heavy atom. The van der Waals surface area contributed by atoms with Crippen molar-refractivity contribution in [2.45, 2.75) is 13.3 Å². The molecular weight excluding hydrogens is 258 g/mol. The topological polar surface area (TPSA) is 62.7 Å². The van der Waals surface area contributed by atoms with E-state index < -0.39 is 0 Å². The van der Waals surface area contributed by atoms with Crippen LogP contribution < -0.4 is 0 Å². The maximum Gasteiger partial charge on any atom is 0.409 e. The van der Waals surface area contributed by atoms with Gasteiger partial charge in [0.25, 0.3) is 5.91 Å². The van der Waals surface area contributed by atoms with Crippen LogP contribution in [0.3, 0.4) is 0 Å². The number of hydrogen-bond acceptors (Lipinski definition) is 4. The van der Waals surface area contributed by atoms with E-state index in [1.807, 2.05) is 0 Å². The highest BCUT2D eigenvalue weighted by molar-refractivity contribution is 5.92. The zero-order valence-electron chi connectivity index (χ0n) is 11.6. The van der Waals surface area contributed by atoms with Gasteiger partial charge in [-0.25, -0.2) is 4.79 Å². The zero-order chi connectivity index (χ0) is 14.4. The minimum Gasteiger partial charge on any atom is -0.450 e. The van der Waals surface area contributed by atoms with Gasteiger partial charge in [-0.1, -0.05) is 6.07 Å². The highest BCUT2D eigenvalue weighted by atomic mass is 16.6. The number of rotatable bonds is 2. The van der Waals surface area contributed by atoms with E-state index in [0.717, 1.165) is 6.42 Å². The standard InChI is InChI=1S/C14H19N3O3/c1-2-20-14(19)17-9-5-8-16(10-11-17)13(18)12-6-3-4-7-15-12/h3-4,6-7H,2,5,8-11H2,1H3. The largest absolute Gasteiger partial charge is 0.450 e. The number of pyridine rings is 1. The van der Waals surface area contributed by atoms with Gasteiger partial charge in [0.05, 0.1) is 6.61 Å². The Morgan fingerprint density at radius 2 is 1.95 bits per heavy atom. The number of carbonyl (C=O) groups is 2. The average Bonchev–Trinajstić information content (AvgIpc) is 2.73. The number of amides is 2. The van der Waals surface area contributed by atoms with Crippen LogP contribution >= 0.6 is 0 Å². The van der Waals surface area contributed by atoms with Gasteiger partial charge in [-0.05, 0) is 25.5 Å². The molecule has 1 aliphatic heterocycles. The molecule has 0 unspecified atom stereocenters. The molecular formula is C14H19N3O3. The van der Waals surface area contributed by atoms with Gasteiger partial charge < -0.3 is 14.5 Å². The summed E-state index contributed by atoms with van der Waals surface area (Å²) in [5, 5.41) is 0. The van der Waals surface area contributed by atoms with Crippen LogP contribution in [0, 0.1) is 0 Å². The second-order valence-corrected chi connectivity index (χ2v) is 4.55. The maximum absolute atomic E-state index is 12.3. The van der Waals surface area contributed by atoms with Crippen molar-refractivity contribution >= 4 is 12.0 Å². The molecule has 0 aromatic carbocycles. The molecule has 0 aliphatic carbocycles. The fourth-order valence-electron chi connectivity index (χ4n) is 2.17. The molecule has 0 saturated carbocycles. The Hall–Kier alpha value is -2.11. The molecule has 1 aromatic rings. The second-order valence-electron chi connectivity index (χ2n) is 4.55. The summed E-state index contributed by atoms with van der Waals surface area (Å²) in [5.74, 6) is -0.0868. The molecule has 1 aromatic heterocycles. The summed E-state index contributed by atoms with van der Waals surface area (Å²) in [7, 11) is 0. The van der Waals surface area contributed by atoms with E-state index in [-0.39, 0.29) is 12.0 Å². The highest BCUT2D eigenvalue weighted by Crippen LogP contribution is 2.08. The number of ether oxygens (including phenoxy) is 1. The molecule has 108 valence electrons. The van der Waals surface area contributed by atoms with Crippen LogP contribution in [0.5, 0.6) is 0 Å². The van der Waals surface area contributed by atoms with Crippen LogP contribution in [-0.2, 0) is 4.74 Å². The summed E-state index contributed by atoms with van der Waals surface area (Å²) in [6.07, 6.45) is 2.05. The summed E-state index contributed by atoms with van der Waals surface area (Å²) in [5.41, 5.74) is 0.442. The maximum atomic E-state index is 12.3. The molecule has 0 bridgehead atoms. The van der Waals surface area contributed by atoms with Gasteiger partial charge in [0.2, 0.25) is 0 Å². The molecule has 0 radical (unpaired) electrons. The van der Waals surface area contributed by atoms with E-state index in [2.05, 4.69) is 4.98 Å². The first kappa shape index (κ1) is 14.3. The minimum atomic E-state index is -0.306. The van der Waals surface area contributed by atoms with E-state index in [1.54, 1.807) is 41.1 Å². The summed E-state index contributed by atoms with van der Waals surface area (Å²) in [4.78, 5) is 31.4. The molecule has 2 amide bonds. The van der Waals surface area contributed by atoms with Crippen LogP contribution in [-0.4, -0.2) is 59.6 Å². The Morgan fingerprint density at radius 1 is 1.20 bits per heavy atom. The molecule has 1 fully saturated rings. The van der Waals surface area contributed by atoms with Gasteiger partial charge in [-0.3, -0.25) is 9.78 Å². The first-order chi connectivity index (χ1) is 9.72. The summed E-state index contributed by atoms with van der Waals surface area (Å²) in [6.45, 7) is 4.40. The molecule has 1 aliphatic rings. The Balaban J connectivity index is 1.96. The Bertz CT molecular complexity index is 464. The molecule has 6 nitrogen and oxygen atoms in total. The van der Waals surface area contributed by atoms with Crippen LogP contribution in [0.1, 0.15) is 23.8 Å². The molecule has 1 saturated heterocycles. The Labute approximate surface area is 118 Å². The number of hydrogen-bond donors (Lipinski definition) is 0. The van der Waals surface area contributed by atoms with Crippen LogP contribution in [0.4, 0.5) is 4.79 Å². The van der Waals surface area contributed by atoms with Crippen molar-refractivity contribution in [2.24, 2.45) is 0 Å². The molecule has 0 atom stereocenters. The normalized spacial score (nSPS) is 15.7. The number of nitrogens with zero attached hydrogens (tertiary/aromatic N) is 3. The summed E-state index contributed by atoms with van der Waals surface area (Å²) < 4.78 is 4.99. The third kappa shape index (κ3) is 3.46. The third-order valence-electron chi connectivity index (χ3n) is 3.19. The molecule has 20 heavy (non-hydrogen) atoms. The predicted molar refractivity (Wildman–Crippen MR) is 73.4 cm³/mol. The van der Waals surface area contributed by atoms with Crippen LogP contribution in [0.15, 0.2) is 24.4 Å². The van der Waals surface area contributed by atoms with Gasteiger partial charge in [0, 0.05) is 32.4 Å². The van der Waals surface area contributed by atoms with Gasteiger partial charge >= 0.3 is 6.09 Å². The van der Waals surface area contributed by atoms with Crippen molar-refractivity contribution in [3.05, 3.63) is 30.1 Å². The molecule has 2 rings (SSSR count). The van der Waals surface area contributed by atoms with Crippen LogP contribution in [0.2, 0.25) is 0 Å². The van der Waals surface area contributed by atoms with Crippen molar-refractivity contribution in [2.75, 3.05) is 32.8 Å². The van der Waals surface area contributed by atoms with Crippen molar-refractivity contribution < 1.29 is 14.3 Å². The van der Waals surface area contributed by atoms with Crippen molar-refractivity contribution in [1.82, 2.24) is 14.8 Å². The Kier molecular flexibility index (Phi) is 4.92. The predicted octanol–water partition coefficient (Wildman–Crippen LogP) is 1.39. The smallest absolute Gasteiger partial charge is 0.409 e. The lowest BCUT2D eigenvalue weighted by Gasteiger charge is -2.21.